The largest absolute Gasteiger partial charge is 0.295 e. The highest BCUT2D eigenvalue weighted by Gasteiger charge is 2.04. The van der Waals surface area contributed by atoms with Crippen molar-refractivity contribution in [2.24, 2.45) is 0 Å². The summed E-state index contributed by atoms with van der Waals surface area (Å²) in [7, 11) is 0. The second-order valence-corrected chi connectivity index (χ2v) is 3.24. The molecule has 0 spiro atoms. The van der Waals surface area contributed by atoms with Crippen LogP contribution in [0.1, 0.15) is 12.0 Å². The van der Waals surface area contributed by atoms with Gasteiger partial charge in [0.2, 0.25) is 11.9 Å². The lowest BCUT2D eigenvalue weighted by molar-refractivity contribution is -0.116. The third-order valence-electron chi connectivity index (χ3n) is 2.06. The predicted octanol–water partition coefficient (Wildman–Crippen LogP) is 0.771. The number of nitrogens with one attached hydrogen (secondary N) is 2. The van der Waals surface area contributed by atoms with Crippen molar-refractivity contribution in [2.75, 3.05) is 5.32 Å². The van der Waals surface area contributed by atoms with Crippen molar-refractivity contribution < 1.29 is 4.79 Å². The highest BCUT2D eigenvalue weighted by Crippen LogP contribution is 2.02. The van der Waals surface area contributed by atoms with Gasteiger partial charge in [0.05, 0.1) is 0 Å². The van der Waals surface area contributed by atoms with Gasteiger partial charge in [-0.15, -0.1) is 0 Å². The SMILES string of the molecule is O=C(CCc1ccncc1)Nc1ncn[nH]1. The number of H-pyrrole nitrogens is 1. The topological polar surface area (TPSA) is 83.6 Å². The van der Waals surface area contributed by atoms with Gasteiger partial charge in [0.25, 0.3) is 0 Å². The molecule has 0 aliphatic rings. The highest BCUT2D eigenvalue weighted by atomic mass is 16.1. The molecule has 2 aromatic heterocycles. The molecule has 2 aromatic rings. The van der Waals surface area contributed by atoms with Crippen LogP contribution in [0.15, 0.2) is 30.9 Å². The number of carbonyl (C=O) groups excluding carboxylic acids is 1. The van der Waals surface area contributed by atoms with E-state index >= 15 is 0 Å². The number of nitrogens with zero attached hydrogens (tertiary/aromatic N) is 3. The summed E-state index contributed by atoms with van der Waals surface area (Å²) >= 11 is 0. The summed E-state index contributed by atoms with van der Waals surface area (Å²) < 4.78 is 0. The number of hydrogen-bond acceptors (Lipinski definition) is 4. The van der Waals surface area contributed by atoms with Crippen molar-refractivity contribution in [3.05, 3.63) is 36.4 Å². The maximum Gasteiger partial charge on any atom is 0.227 e. The van der Waals surface area contributed by atoms with Gasteiger partial charge in [-0.3, -0.25) is 15.1 Å². The zero-order valence-electron chi connectivity index (χ0n) is 8.55. The van der Waals surface area contributed by atoms with Crippen molar-refractivity contribution in [2.45, 2.75) is 12.8 Å². The number of anilines is 1. The van der Waals surface area contributed by atoms with Gasteiger partial charge < -0.3 is 0 Å². The third kappa shape index (κ3) is 2.88. The molecule has 0 fully saturated rings. The first-order chi connectivity index (χ1) is 7.84. The van der Waals surface area contributed by atoms with Gasteiger partial charge in [-0.1, -0.05) is 0 Å². The zero-order chi connectivity index (χ0) is 11.2. The molecule has 0 atom stereocenters. The van der Waals surface area contributed by atoms with E-state index in [9.17, 15) is 4.79 Å². The van der Waals surface area contributed by atoms with E-state index in [4.69, 9.17) is 0 Å². The van der Waals surface area contributed by atoms with Gasteiger partial charge in [0.1, 0.15) is 6.33 Å². The summed E-state index contributed by atoms with van der Waals surface area (Å²) in [6.07, 6.45) is 5.86. The summed E-state index contributed by atoms with van der Waals surface area (Å²) in [6.45, 7) is 0. The quantitative estimate of drug-likeness (QED) is 0.792. The number of aryl methyl sites for hydroxylation is 1. The highest BCUT2D eigenvalue weighted by molar-refractivity contribution is 5.88. The molecule has 0 unspecified atom stereocenters. The third-order valence-corrected chi connectivity index (χ3v) is 2.06. The minimum atomic E-state index is -0.0893. The second kappa shape index (κ2) is 5.01. The van der Waals surface area contributed by atoms with E-state index in [0.717, 1.165) is 5.56 Å². The molecule has 0 saturated carbocycles. The first kappa shape index (κ1) is 10.3. The van der Waals surface area contributed by atoms with Crippen molar-refractivity contribution in [1.29, 1.82) is 0 Å². The summed E-state index contributed by atoms with van der Waals surface area (Å²) in [5, 5.41) is 8.81. The monoisotopic (exact) mass is 217 g/mol. The van der Waals surface area contributed by atoms with E-state index in [2.05, 4.69) is 25.5 Å². The second-order valence-electron chi connectivity index (χ2n) is 3.24. The minimum Gasteiger partial charge on any atom is -0.295 e. The number of rotatable bonds is 4. The van der Waals surface area contributed by atoms with Gasteiger partial charge in [0, 0.05) is 18.8 Å². The Kier molecular flexibility index (Phi) is 3.22. The lowest BCUT2D eigenvalue weighted by atomic mass is 10.1. The molecule has 0 aromatic carbocycles. The van der Waals surface area contributed by atoms with E-state index in [-0.39, 0.29) is 5.91 Å². The molecule has 2 N–H and O–H groups in total. The Balaban J connectivity index is 1.80. The van der Waals surface area contributed by atoms with Crippen molar-refractivity contribution in [3.8, 4) is 0 Å². The molecule has 6 heteroatoms. The van der Waals surface area contributed by atoms with E-state index in [0.29, 0.717) is 18.8 Å². The van der Waals surface area contributed by atoms with Crippen LogP contribution in [0.25, 0.3) is 0 Å². The average Bonchev–Trinajstić information content (AvgIpc) is 2.81. The fourth-order valence-corrected chi connectivity index (χ4v) is 1.27. The summed E-state index contributed by atoms with van der Waals surface area (Å²) in [5.74, 6) is 0.285. The van der Waals surface area contributed by atoms with Crippen LogP contribution in [0, 0.1) is 0 Å². The average molecular weight is 217 g/mol. The Morgan fingerprint density at radius 3 is 2.88 bits per heavy atom. The van der Waals surface area contributed by atoms with Gasteiger partial charge in [-0.05, 0) is 24.1 Å². The Morgan fingerprint density at radius 1 is 1.38 bits per heavy atom. The van der Waals surface area contributed by atoms with Gasteiger partial charge in [0.15, 0.2) is 0 Å². The summed E-state index contributed by atoms with van der Waals surface area (Å²) in [5.41, 5.74) is 1.09. The fourth-order valence-electron chi connectivity index (χ4n) is 1.27. The van der Waals surface area contributed by atoms with Crippen molar-refractivity contribution >= 4 is 11.9 Å². The van der Waals surface area contributed by atoms with Gasteiger partial charge in [-0.25, -0.2) is 5.10 Å². The summed E-state index contributed by atoms with van der Waals surface area (Å²) in [6, 6.07) is 3.78. The Labute approximate surface area is 92.1 Å². The Morgan fingerprint density at radius 2 is 2.19 bits per heavy atom. The molecule has 1 amide bonds. The minimum absolute atomic E-state index is 0.0893. The smallest absolute Gasteiger partial charge is 0.227 e. The van der Waals surface area contributed by atoms with Crippen LogP contribution in [0.2, 0.25) is 0 Å². The first-order valence-corrected chi connectivity index (χ1v) is 4.89. The number of aromatic nitrogens is 4. The van der Waals surface area contributed by atoms with Gasteiger partial charge >= 0.3 is 0 Å². The number of amides is 1. The number of pyridine rings is 1. The first-order valence-electron chi connectivity index (χ1n) is 4.89. The summed E-state index contributed by atoms with van der Waals surface area (Å²) in [4.78, 5) is 19.2. The lowest BCUT2D eigenvalue weighted by Crippen LogP contribution is -2.13. The van der Waals surface area contributed by atoms with E-state index in [1.165, 1.54) is 6.33 Å². The van der Waals surface area contributed by atoms with Crippen LogP contribution in [-0.4, -0.2) is 26.1 Å². The van der Waals surface area contributed by atoms with Gasteiger partial charge in [-0.2, -0.15) is 10.1 Å². The van der Waals surface area contributed by atoms with Crippen molar-refractivity contribution in [1.82, 2.24) is 20.2 Å². The number of hydrogen-bond donors (Lipinski definition) is 2. The maximum absolute atomic E-state index is 11.5. The van der Waals surface area contributed by atoms with E-state index < -0.39 is 0 Å². The van der Waals surface area contributed by atoms with E-state index in [1.54, 1.807) is 12.4 Å². The van der Waals surface area contributed by atoms with Crippen LogP contribution in [0.5, 0.6) is 0 Å². The van der Waals surface area contributed by atoms with Crippen LogP contribution in [0.3, 0.4) is 0 Å². The Bertz CT molecular complexity index is 439. The zero-order valence-corrected chi connectivity index (χ0v) is 8.55. The molecule has 6 nitrogen and oxygen atoms in total. The molecule has 0 bridgehead atoms. The number of carbonyl (C=O) groups is 1. The molecular formula is C10H11N5O. The molecule has 0 aliphatic heterocycles. The molecule has 2 rings (SSSR count). The van der Waals surface area contributed by atoms with Crippen molar-refractivity contribution in [3.63, 3.8) is 0 Å². The molecule has 82 valence electrons. The Hall–Kier alpha value is -2.24. The maximum atomic E-state index is 11.5. The lowest BCUT2D eigenvalue weighted by Gasteiger charge is -2.01. The van der Waals surface area contributed by atoms with Crippen LogP contribution < -0.4 is 5.32 Å². The molecule has 0 radical (unpaired) electrons. The standard InChI is InChI=1S/C10H11N5O/c16-9(14-10-12-7-13-15-10)2-1-8-3-5-11-6-4-8/h3-7H,1-2H2,(H2,12,13,14,15,16). The van der Waals surface area contributed by atoms with Crippen LogP contribution >= 0.6 is 0 Å². The molecule has 16 heavy (non-hydrogen) atoms. The van der Waals surface area contributed by atoms with Crippen LogP contribution in [-0.2, 0) is 11.2 Å². The number of aromatic amines is 1. The molecule has 2 heterocycles. The molecule has 0 aliphatic carbocycles. The van der Waals surface area contributed by atoms with E-state index in [1.807, 2.05) is 12.1 Å². The molecule has 0 saturated heterocycles. The fraction of sp³-hybridized carbons (Fsp3) is 0.200. The van der Waals surface area contributed by atoms with Crippen LogP contribution in [0.4, 0.5) is 5.95 Å². The normalized spacial score (nSPS) is 10.0. The predicted molar refractivity (Wildman–Crippen MR) is 57.6 cm³/mol. The molecular weight excluding hydrogens is 206 g/mol.